The minimum absolute atomic E-state index is 0.0696. The topological polar surface area (TPSA) is 40.5 Å². The SMILES string of the molecule is CN(CC(C)(C)O)C(=O)CSCCc1ccccc1. The summed E-state index contributed by atoms with van der Waals surface area (Å²) in [6, 6.07) is 10.3. The molecule has 3 nitrogen and oxygen atoms in total. The van der Waals surface area contributed by atoms with Crippen molar-refractivity contribution in [1.29, 1.82) is 0 Å². The molecule has 0 aliphatic carbocycles. The van der Waals surface area contributed by atoms with E-state index < -0.39 is 5.60 Å². The fourth-order valence-corrected chi connectivity index (χ4v) is 2.69. The molecule has 0 fully saturated rings. The molecule has 0 atom stereocenters. The van der Waals surface area contributed by atoms with Crippen molar-refractivity contribution < 1.29 is 9.90 Å². The molecule has 0 radical (unpaired) electrons. The van der Waals surface area contributed by atoms with E-state index in [9.17, 15) is 9.90 Å². The zero-order valence-corrected chi connectivity index (χ0v) is 12.7. The molecule has 0 bridgehead atoms. The van der Waals surface area contributed by atoms with Crippen molar-refractivity contribution in [3.63, 3.8) is 0 Å². The fraction of sp³-hybridized carbons (Fsp3) is 0.533. The number of amides is 1. The van der Waals surface area contributed by atoms with Crippen LogP contribution in [0.1, 0.15) is 19.4 Å². The van der Waals surface area contributed by atoms with Gasteiger partial charge in [0.1, 0.15) is 0 Å². The number of carbonyl (C=O) groups is 1. The summed E-state index contributed by atoms with van der Waals surface area (Å²) in [6.07, 6.45) is 0.980. The first-order chi connectivity index (χ1) is 8.88. The van der Waals surface area contributed by atoms with Gasteiger partial charge in [-0.2, -0.15) is 11.8 Å². The summed E-state index contributed by atoms with van der Waals surface area (Å²) in [5, 5.41) is 9.66. The van der Waals surface area contributed by atoms with Crippen molar-refractivity contribution in [2.24, 2.45) is 0 Å². The Kier molecular flexibility index (Phi) is 6.38. The zero-order valence-electron chi connectivity index (χ0n) is 11.9. The minimum atomic E-state index is -0.834. The molecule has 0 heterocycles. The third kappa shape index (κ3) is 7.23. The normalized spacial score (nSPS) is 11.4. The van der Waals surface area contributed by atoms with Crippen molar-refractivity contribution in [1.82, 2.24) is 4.90 Å². The largest absolute Gasteiger partial charge is 0.389 e. The molecule has 0 aliphatic heterocycles. The number of rotatable bonds is 7. The van der Waals surface area contributed by atoms with E-state index in [1.807, 2.05) is 18.2 Å². The Morgan fingerprint density at radius 2 is 1.95 bits per heavy atom. The van der Waals surface area contributed by atoms with Crippen LogP contribution in [0.15, 0.2) is 30.3 Å². The maximum Gasteiger partial charge on any atom is 0.232 e. The second kappa shape index (κ2) is 7.56. The molecule has 4 heteroatoms. The molecule has 0 unspecified atom stereocenters. The number of thioether (sulfide) groups is 1. The predicted octanol–water partition coefficient (Wildman–Crippen LogP) is 2.19. The van der Waals surface area contributed by atoms with Gasteiger partial charge in [-0.3, -0.25) is 4.79 Å². The molecule has 1 aromatic rings. The van der Waals surface area contributed by atoms with Crippen LogP contribution in [0.25, 0.3) is 0 Å². The van der Waals surface area contributed by atoms with Crippen LogP contribution < -0.4 is 0 Å². The molecule has 0 saturated heterocycles. The van der Waals surface area contributed by atoms with Crippen LogP contribution in [0.2, 0.25) is 0 Å². The summed E-state index contributed by atoms with van der Waals surface area (Å²) in [4.78, 5) is 13.4. The molecule has 1 rings (SSSR count). The van der Waals surface area contributed by atoms with Gasteiger partial charge in [-0.05, 0) is 31.6 Å². The van der Waals surface area contributed by atoms with Gasteiger partial charge in [-0.15, -0.1) is 0 Å². The summed E-state index contributed by atoms with van der Waals surface area (Å²) in [7, 11) is 1.73. The summed E-state index contributed by atoms with van der Waals surface area (Å²) >= 11 is 1.64. The molecule has 1 aromatic carbocycles. The van der Waals surface area contributed by atoms with Crippen LogP contribution >= 0.6 is 11.8 Å². The van der Waals surface area contributed by atoms with Crippen LogP contribution in [-0.4, -0.2) is 46.6 Å². The molecule has 1 N–H and O–H groups in total. The predicted molar refractivity (Wildman–Crippen MR) is 81.4 cm³/mol. The van der Waals surface area contributed by atoms with Gasteiger partial charge in [0, 0.05) is 13.6 Å². The van der Waals surface area contributed by atoms with E-state index in [4.69, 9.17) is 0 Å². The average molecular weight is 281 g/mol. The maximum atomic E-state index is 11.8. The Morgan fingerprint density at radius 3 is 2.53 bits per heavy atom. The molecule has 19 heavy (non-hydrogen) atoms. The Labute approximate surface area is 120 Å². The van der Waals surface area contributed by atoms with E-state index in [-0.39, 0.29) is 5.91 Å². The third-order valence-electron chi connectivity index (χ3n) is 2.65. The van der Waals surface area contributed by atoms with E-state index in [1.54, 1.807) is 37.6 Å². The van der Waals surface area contributed by atoms with Gasteiger partial charge in [-0.1, -0.05) is 30.3 Å². The lowest BCUT2D eigenvalue weighted by molar-refractivity contribution is -0.129. The second-order valence-electron chi connectivity index (χ2n) is 5.35. The van der Waals surface area contributed by atoms with Gasteiger partial charge in [-0.25, -0.2) is 0 Å². The lowest BCUT2D eigenvalue weighted by atomic mass is 10.1. The molecular formula is C15H23NO2S. The van der Waals surface area contributed by atoms with Gasteiger partial charge in [0.25, 0.3) is 0 Å². The number of hydrogen-bond donors (Lipinski definition) is 1. The molecule has 1 amide bonds. The van der Waals surface area contributed by atoms with Gasteiger partial charge in [0.2, 0.25) is 5.91 Å². The van der Waals surface area contributed by atoms with Crippen molar-refractivity contribution in [2.75, 3.05) is 25.1 Å². The van der Waals surface area contributed by atoms with E-state index in [1.165, 1.54) is 5.56 Å². The highest BCUT2D eigenvalue weighted by molar-refractivity contribution is 7.99. The first-order valence-electron chi connectivity index (χ1n) is 6.46. The zero-order chi connectivity index (χ0) is 14.3. The Morgan fingerprint density at radius 1 is 1.32 bits per heavy atom. The molecule has 106 valence electrons. The lowest BCUT2D eigenvalue weighted by Gasteiger charge is -2.25. The van der Waals surface area contributed by atoms with E-state index in [0.717, 1.165) is 12.2 Å². The van der Waals surface area contributed by atoms with Crippen molar-refractivity contribution in [3.8, 4) is 0 Å². The highest BCUT2D eigenvalue weighted by Crippen LogP contribution is 2.09. The van der Waals surface area contributed by atoms with Crippen LogP contribution in [-0.2, 0) is 11.2 Å². The smallest absolute Gasteiger partial charge is 0.232 e. The monoisotopic (exact) mass is 281 g/mol. The van der Waals surface area contributed by atoms with Crippen molar-refractivity contribution in [3.05, 3.63) is 35.9 Å². The standard InChI is InChI=1S/C15H23NO2S/c1-15(2,18)12-16(3)14(17)11-19-10-9-13-7-5-4-6-8-13/h4-8,18H,9-12H2,1-3H3. The Balaban J connectivity index is 2.20. The van der Waals surface area contributed by atoms with Crippen molar-refractivity contribution >= 4 is 17.7 Å². The number of hydrogen-bond acceptors (Lipinski definition) is 3. The van der Waals surface area contributed by atoms with E-state index >= 15 is 0 Å². The van der Waals surface area contributed by atoms with Crippen LogP contribution in [0, 0.1) is 0 Å². The van der Waals surface area contributed by atoms with Crippen molar-refractivity contribution in [2.45, 2.75) is 25.9 Å². The number of carbonyl (C=O) groups excluding carboxylic acids is 1. The first-order valence-corrected chi connectivity index (χ1v) is 7.62. The number of likely N-dealkylation sites (N-methyl/N-ethyl adjacent to an activating group) is 1. The third-order valence-corrected chi connectivity index (χ3v) is 3.60. The van der Waals surface area contributed by atoms with E-state index in [2.05, 4.69) is 12.1 Å². The second-order valence-corrected chi connectivity index (χ2v) is 6.46. The number of nitrogens with zero attached hydrogens (tertiary/aromatic N) is 1. The molecule has 0 aliphatic rings. The van der Waals surface area contributed by atoms with Crippen LogP contribution in [0.5, 0.6) is 0 Å². The number of aliphatic hydroxyl groups is 1. The lowest BCUT2D eigenvalue weighted by Crippen LogP contribution is -2.40. The highest BCUT2D eigenvalue weighted by Gasteiger charge is 2.18. The Hall–Kier alpha value is -1.00. The molecule has 0 saturated carbocycles. The quantitative estimate of drug-likeness (QED) is 0.779. The first kappa shape index (κ1) is 16.1. The van der Waals surface area contributed by atoms with Crippen LogP contribution in [0.4, 0.5) is 0 Å². The maximum absolute atomic E-state index is 11.8. The summed E-state index contributed by atoms with van der Waals surface area (Å²) < 4.78 is 0. The van der Waals surface area contributed by atoms with Gasteiger partial charge in [0.15, 0.2) is 0 Å². The molecule has 0 aromatic heterocycles. The van der Waals surface area contributed by atoms with Gasteiger partial charge >= 0.3 is 0 Å². The highest BCUT2D eigenvalue weighted by atomic mass is 32.2. The number of benzene rings is 1. The summed E-state index contributed by atoms with van der Waals surface area (Å²) in [5.74, 6) is 1.48. The van der Waals surface area contributed by atoms with Crippen LogP contribution in [0.3, 0.4) is 0 Å². The Bertz CT molecular complexity index is 387. The van der Waals surface area contributed by atoms with Gasteiger partial charge < -0.3 is 10.0 Å². The average Bonchev–Trinajstić information content (AvgIpc) is 2.33. The number of aryl methyl sites for hydroxylation is 1. The fourth-order valence-electron chi connectivity index (χ4n) is 1.77. The van der Waals surface area contributed by atoms with Gasteiger partial charge in [0.05, 0.1) is 11.4 Å². The van der Waals surface area contributed by atoms with E-state index in [0.29, 0.717) is 12.3 Å². The summed E-state index contributed by atoms with van der Waals surface area (Å²) in [6.45, 7) is 3.78. The minimum Gasteiger partial charge on any atom is -0.389 e. The summed E-state index contributed by atoms with van der Waals surface area (Å²) in [5.41, 5.74) is 0.464. The molecule has 0 spiro atoms. The molecular weight excluding hydrogens is 258 g/mol.